The summed E-state index contributed by atoms with van der Waals surface area (Å²) in [6, 6.07) is 5.48. The van der Waals surface area contributed by atoms with Crippen LogP contribution in [0.2, 0.25) is 0 Å². The molecule has 1 aromatic rings. The second-order valence-corrected chi connectivity index (χ2v) is 8.47. The van der Waals surface area contributed by atoms with E-state index in [4.69, 9.17) is 9.47 Å². The Bertz CT molecular complexity index is 527. The van der Waals surface area contributed by atoms with E-state index in [9.17, 15) is 4.79 Å². The van der Waals surface area contributed by atoms with Gasteiger partial charge in [-0.2, -0.15) is 0 Å². The molecule has 0 saturated heterocycles. The molecule has 0 spiro atoms. The molecule has 0 aliphatic heterocycles. The number of benzene rings is 1. The summed E-state index contributed by atoms with van der Waals surface area (Å²) in [5.41, 5.74) is 0.639. The molecule has 0 heterocycles. The number of carbonyl (C=O) groups excluding carboxylic acids is 1. The average Bonchev–Trinajstić information content (AvgIpc) is 2.77. The Labute approximate surface area is 185 Å². The molecule has 0 saturated carbocycles. The first-order valence-electron chi connectivity index (χ1n) is 12.7. The van der Waals surface area contributed by atoms with Crippen LogP contribution in [0.25, 0.3) is 0 Å². The van der Waals surface area contributed by atoms with E-state index in [1.165, 1.54) is 89.9 Å². The van der Waals surface area contributed by atoms with Crippen molar-refractivity contribution in [1.82, 2.24) is 0 Å². The van der Waals surface area contributed by atoms with Gasteiger partial charge in [0.1, 0.15) is 6.29 Å². The quantitative estimate of drug-likeness (QED) is 0.148. The molecule has 172 valence electrons. The lowest BCUT2D eigenvalue weighted by molar-refractivity contribution is 0.112. The van der Waals surface area contributed by atoms with E-state index >= 15 is 0 Å². The lowest BCUT2D eigenvalue weighted by Crippen LogP contribution is -2.03. The Kier molecular flexibility index (Phi) is 17.2. The van der Waals surface area contributed by atoms with Crippen molar-refractivity contribution in [2.24, 2.45) is 0 Å². The highest BCUT2D eigenvalue weighted by atomic mass is 16.5. The molecule has 0 aliphatic rings. The number of hydrogen-bond donors (Lipinski definition) is 0. The third kappa shape index (κ3) is 13.7. The van der Waals surface area contributed by atoms with E-state index < -0.39 is 0 Å². The molecular weight excluding hydrogens is 372 g/mol. The third-order valence-corrected chi connectivity index (χ3v) is 5.61. The maximum atomic E-state index is 11.1. The number of unbranched alkanes of at least 4 members (excludes halogenated alkanes) is 14. The van der Waals surface area contributed by atoms with Crippen molar-refractivity contribution >= 4 is 6.29 Å². The van der Waals surface area contributed by atoms with E-state index in [2.05, 4.69) is 13.8 Å². The van der Waals surface area contributed by atoms with Crippen molar-refractivity contribution < 1.29 is 14.3 Å². The topological polar surface area (TPSA) is 35.5 Å². The number of ether oxygens (including phenoxy) is 2. The van der Waals surface area contributed by atoms with Gasteiger partial charge < -0.3 is 9.47 Å². The molecule has 0 bridgehead atoms. The summed E-state index contributed by atoms with van der Waals surface area (Å²) in [5, 5.41) is 0. The second-order valence-electron chi connectivity index (χ2n) is 8.47. The van der Waals surface area contributed by atoms with Gasteiger partial charge in [-0.15, -0.1) is 0 Å². The zero-order chi connectivity index (χ0) is 21.7. The van der Waals surface area contributed by atoms with Gasteiger partial charge in [0.05, 0.1) is 13.2 Å². The number of hydrogen-bond acceptors (Lipinski definition) is 3. The van der Waals surface area contributed by atoms with Crippen LogP contribution in [0.15, 0.2) is 18.2 Å². The van der Waals surface area contributed by atoms with Crippen LogP contribution in [0.1, 0.15) is 127 Å². The van der Waals surface area contributed by atoms with Crippen molar-refractivity contribution in [2.75, 3.05) is 13.2 Å². The lowest BCUT2D eigenvalue weighted by Gasteiger charge is -2.13. The van der Waals surface area contributed by atoms with Crippen LogP contribution in [0.3, 0.4) is 0 Å². The van der Waals surface area contributed by atoms with Crippen LogP contribution in [0.5, 0.6) is 11.5 Å². The zero-order valence-electron chi connectivity index (χ0n) is 19.8. The summed E-state index contributed by atoms with van der Waals surface area (Å²) in [7, 11) is 0. The minimum atomic E-state index is 0.639. The molecular formula is C27H46O3. The minimum Gasteiger partial charge on any atom is -0.490 e. The lowest BCUT2D eigenvalue weighted by atomic mass is 10.1. The van der Waals surface area contributed by atoms with Gasteiger partial charge in [-0.3, -0.25) is 4.79 Å². The van der Waals surface area contributed by atoms with E-state index in [1.54, 1.807) is 12.1 Å². The number of rotatable bonds is 21. The summed E-state index contributed by atoms with van der Waals surface area (Å²) in [6.45, 7) is 5.91. The standard InChI is InChI=1S/C27H46O3/c1-3-5-7-9-11-13-15-17-21-29-26-20-19-25(24-28)23-27(26)30-22-18-16-14-12-10-8-6-4-2/h19-20,23-24H,3-18,21-22H2,1-2H3. The minimum absolute atomic E-state index is 0.639. The maximum absolute atomic E-state index is 11.1. The molecule has 0 radical (unpaired) electrons. The van der Waals surface area contributed by atoms with Gasteiger partial charge in [0, 0.05) is 5.56 Å². The van der Waals surface area contributed by atoms with Crippen LogP contribution in [0, 0.1) is 0 Å². The van der Waals surface area contributed by atoms with Crippen molar-refractivity contribution in [2.45, 2.75) is 117 Å². The largest absolute Gasteiger partial charge is 0.490 e. The zero-order valence-corrected chi connectivity index (χ0v) is 19.8. The third-order valence-electron chi connectivity index (χ3n) is 5.61. The number of aldehydes is 1. The van der Waals surface area contributed by atoms with Crippen molar-refractivity contribution in [1.29, 1.82) is 0 Å². The fraction of sp³-hybridized carbons (Fsp3) is 0.741. The van der Waals surface area contributed by atoms with E-state index in [-0.39, 0.29) is 0 Å². The molecule has 0 N–H and O–H groups in total. The molecule has 0 amide bonds. The molecule has 0 aromatic heterocycles. The Morgan fingerprint density at radius 2 is 1.03 bits per heavy atom. The molecule has 1 aromatic carbocycles. The van der Waals surface area contributed by atoms with Crippen LogP contribution in [-0.4, -0.2) is 19.5 Å². The van der Waals surface area contributed by atoms with Gasteiger partial charge in [-0.05, 0) is 31.0 Å². The smallest absolute Gasteiger partial charge is 0.161 e. The Morgan fingerprint density at radius 1 is 0.600 bits per heavy atom. The molecule has 30 heavy (non-hydrogen) atoms. The molecule has 0 unspecified atom stereocenters. The molecule has 0 fully saturated rings. The molecule has 1 rings (SSSR count). The van der Waals surface area contributed by atoms with Gasteiger partial charge in [0.2, 0.25) is 0 Å². The fourth-order valence-corrected chi connectivity index (χ4v) is 3.67. The van der Waals surface area contributed by atoms with Crippen molar-refractivity contribution in [3.8, 4) is 11.5 Å². The highest BCUT2D eigenvalue weighted by Gasteiger charge is 2.07. The summed E-state index contributed by atoms with van der Waals surface area (Å²) in [5.74, 6) is 1.48. The monoisotopic (exact) mass is 418 g/mol. The molecule has 3 heteroatoms. The highest BCUT2D eigenvalue weighted by molar-refractivity contribution is 5.76. The van der Waals surface area contributed by atoms with E-state index in [1.807, 2.05) is 6.07 Å². The molecule has 3 nitrogen and oxygen atoms in total. The Balaban J connectivity index is 2.23. The first-order chi connectivity index (χ1) is 14.8. The average molecular weight is 419 g/mol. The molecule has 0 aliphatic carbocycles. The van der Waals surface area contributed by atoms with Gasteiger partial charge in [-0.25, -0.2) is 0 Å². The van der Waals surface area contributed by atoms with Crippen LogP contribution >= 0.6 is 0 Å². The first-order valence-corrected chi connectivity index (χ1v) is 12.7. The van der Waals surface area contributed by atoms with E-state index in [0.717, 1.165) is 24.9 Å². The summed E-state index contributed by atoms with van der Waals surface area (Å²) < 4.78 is 11.9. The SMILES string of the molecule is CCCCCCCCCCOc1ccc(C=O)cc1OCCCCCCCCCC. The second kappa shape index (κ2) is 19.5. The van der Waals surface area contributed by atoms with Gasteiger partial charge in [-0.1, -0.05) is 104 Å². The Morgan fingerprint density at radius 3 is 1.50 bits per heavy atom. The van der Waals surface area contributed by atoms with Gasteiger partial charge in [0.15, 0.2) is 11.5 Å². The summed E-state index contributed by atoms with van der Waals surface area (Å²) in [4.78, 5) is 11.1. The van der Waals surface area contributed by atoms with E-state index in [0.29, 0.717) is 24.5 Å². The predicted octanol–water partition coefficient (Wildman–Crippen LogP) is 8.54. The van der Waals surface area contributed by atoms with Gasteiger partial charge in [0.25, 0.3) is 0 Å². The van der Waals surface area contributed by atoms with Gasteiger partial charge >= 0.3 is 0 Å². The van der Waals surface area contributed by atoms with Crippen molar-refractivity contribution in [3.05, 3.63) is 23.8 Å². The number of carbonyl (C=O) groups is 1. The Hall–Kier alpha value is -1.51. The van der Waals surface area contributed by atoms with Crippen molar-refractivity contribution in [3.63, 3.8) is 0 Å². The normalized spacial score (nSPS) is 10.9. The van der Waals surface area contributed by atoms with Crippen LogP contribution < -0.4 is 9.47 Å². The van der Waals surface area contributed by atoms with Crippen LogP contribution in [-0.2, 0) is 0 Å². The maximum Gasteiger partial charge on any atom is 0.161 e. The fourth-order valence-electron chi connectivity index (χ4n) is 3.67. The van der Waals surface area contributed by atoms with Crippen LogP contribution in [0.4, 0.5) is 0 Å². The molecule has 0 atom stereocenters. The highest BCUT2D eigenvalue weighted by Crippen LogP contribution is 2.28. The predicted molar refractivity (Wildman–Crippen MR) is 128 cm³/mol. The summed E-state index contributed by atoms with van der Waals surface area (Å²) >= 11 is 0. The first kappa shape index (κ1) is 26.5. The summed E-state index contributed by atoms with van der Waals surface area (Å²) in [6.07, 6.45) is 21.4.